The monoisotopic (exact) mass is 240 g/mol. The van der Waals surface area contributed by atoms with E-state index in [0.29, 0.717) is 19.0 Å². The van der Waals surface area contributed by atoms with Crippen LogP contribution in [0.15, 0.2) is 12.4 Å². The molecule has 1 heterocycles. The van der Waals surface area contributed by atoms with Crippen LogP contribution in [-0.2, 0) is 4.74 Å². The molecule has 1 atom stereocenters. The second kappa shape index (κ2) is 7.81. The molecular weight excluding hydrogens is 220 g/mol. The summed E-state index contributed by atoms with van der Waals surface area (Å²) >= 11 is 0. The van der Waals surface area contributed by atoms with Gasteiger partial charge in [-0.15, -0.1) is 0 Å². The SMILES string of the molecule is CCCNc1cc(NCC(O)COC)ncn1. The fourth-order valence-corrected chi connectivity index (χ4v) is 1.28. The molecule has 0 amide bonds. The molecule has 1 unspecified atom stereocenters. The van der Waals surface area contributed by atoms with E-state index in [2.05, 4.69) is 27.5 Å². The normalized spacial score (nSPS) is 12.2. The number of nitrogens with zero attached hydrogens (tertiary/aromatic N) is 2. The third-order valence-electron chi connectivity index (χ3n) is 2.10. The van der Waals surface area contributed by atoms with Crippen molar-refractivity contribution >= 4 is 11.6 Å². The Bertz CT molecular complexity index is 322. The Balaban J connectivity index is 2.42. The Morgan fingerprint density at radius 1 is 1.35 bits per heavy atom. The Hall–Kier alpha value is -1.40. The van der Waals surface area contributed by atoms with Crippen LogP contribution in [0.4, 0.5) is 11.6 Å². The Morgan fingerprint density at radius 3 is 2.71 bits per heavy atom. The van der Waals surface area contributed by atoms with Gasteiger partial charge in [0.25, 0.3) is 0 Å². The highest BCUT2D eigenvalue weighted by Crippen LogP contribution is 2.08. The zero-order valence-electron chi connectivity index (χ0n) is 10.3. The lowest BCUT2D eigenvalue weighted by Crippen LogP contribution is -2.24. The number of aromatic nitrogens is 2. The molecule has 1 aromatic rings. The van der Waals surface area contributed by atoms with E-state index < -0.39 is 6.10 Å². The first-order chi connectivity index (χ1) is 8.26. The number of nitrogens with one attached hydrogen (secondary N) is 2. The molecule has 0 saturated carbocycles. The van der Waals surface area contributed by atoms with Gasteiger partial charge in [-0.1, -0.05) is 6.92 Å². The average molecular weight is 240 g/mol. The van der Waals surface area contributed by atoms with Crippen molar-refractivity contribution in [1.29, 1.82) is 0 Å². The van der Waals surface area contributed by atoms with Gasteiger partial charge in [-0.3, -0.25) is 0 Å². The molecule has 3 N–H and O–H groups in total. The van der Waals surface area contributed by atoms with Crippen molar-refractivity contribution in [3.63, 3.8) is 0 Å². The highest BCUT2D eigenvalue weighted by atomic mass is 16.5. The average Bonchev–Trinajstić information content (AvgIpc) is 2.35. The maximum Gasteiger partial charge on any atom is 0.131 e. The minimum atomic E-state index is -0.540. The maximum atomic E-state index is 9.47. The zero-order valence-corrected chi connectivity index (χ0v) is 10.3. The number of ether oxygens (including phenoxy) is 1. The zero-order chi connectivity index (χ0) is 12.5. The van der Waals surface area contributed by atoms with Gasteiger partial charge in [-0.05, 0) is 6.42 Å². The van der Waals surface area contributed by atoms with Gasteiger partial charge in [0.05, 0.1) is 12.7 Å². The molecule has 0 bridgehead atoms. The van der Waals surface area contributed by atoms with Gasteiger partial charge in [0.2, 0.25) is 0 Å². The second-order valence-electron chi connectivity index (χ2n) is 3.71. The van der Waals surface area contributed by atoms with Crippen LogP contribution in [-0.4, -0.2) is 48.0 Å². The molecule has 6 nitrogen and oxygen atoms in total. The maximum absolute atomic E-state index is 9.47. The molecule has 96 valence electrons. The van der Waals surface area contributed by atoms with E-state index >= 15 is 0 Å². The number of aliphatic hydroxyl groups is 1. The minimum absolute atomic E-state index is 0.305. The smallest absolute Gasteiger partial charge is 0.131 e. The van der Waals surface area contributed by atoms with Crippen molar-refractivity contribution in [3.05, 3.63) is 12.4 Å². The standard InChI is InChI=1S/C11H20N4O2/c1-3-4-12-10-5-11(15-8-14-10)13-6-9(16)7-17-2/h5,8-9,16H,3-4,6-7H2,1-2H3,(H2,12,13,14,15). The first-order valence-electron chi connectivity index (χ1n) is 5.73. The number of hydrogen-bond acceptors (Lipinski definition) is 6. The van der Waals surface area contributed by atoms with E-state index in [-0.39, 0.29) is 0 Å². The fraction of sp³-hybridized carbons (Fsp3) is 0.636. The molecule has 0 aliphatic carbocycles. The van der Waals surface area contributed by atoms with E-state index in [1.807, 2.05) is 6.07 Å². The summed E-state index contributed by atoms with van der Waals surface area (Å²) in [5.74, 6) is 1.47. The Kier molecular flexibility index (Phi) is 6.27. The van der Waals surface area contributed by atoms with Gasteiger partial charge in [0.15, 0.2) is 0 Å². The summed E-state index contributed by atoms with van der Waals surface area (Å²) in [6.45, 7) is 3.67. The van der Waals surface area contributed by atoms with Crippen LogP contribution in [0.25, 0.3) is 0 Å². The minimum Gasteiger partial charge on any atom is -0.389 e. The molecule has 0 aromatic carbocycles. The number of hydrogen-bond donors (Lipinski definition) is 3. The third-order valence-corrected chi connectivity index (χ3v) is 2.10. The van der Waals surface area contributed by atoms with E-state index in [1.54, 1.807) is 7.11 Å². The van der Waals surface area contributed by atoms with Crippen LogP contribution < -0.4 is 10.6 Å². The van der Waals surface area contributed by atoms with Crippen LogP contribution in [0.3, 0.4) is 0 Å². The van der Waals surface area contributed by atoms with Crippen LogP contribution in [0, 0.1) is 0 Å². The summed E-state index contributed by atoms with van der Waals surface area (Å²) in [5, 5.41) is 15.7. The summed E-state index contributed by atoms with van der Waals surface area (Å²) in [6.07, 6.45) is 1.99. The molecule has 0 fully saturated rings. The van der Waals surface area contributed by atoms with Crippen LogP contribution in [0.5, 0.6) is 0 Å². The van der Waals surface area contributed by atoms with Gasteiger partial charge in [0.1, 0.15) is 18.0 Å². The van der Waals surface area contributed by atoms with Crippen LogP contribution in [0.2, 0.25) is 0 Å². The topological polar surface area (TPSA) is 79.3 Å². The highest BCUT2D eigenvalue weighted by Gasteiger charge is 2.04. The lowest BCUT2D eigenvalue weighted by Gasteiger charge is -2.11. The summed E-state index contributed by atoms with van der Waals surface area (Å²) in [5.41, 5.74) is 0. The number of aliphatic hydroxyl groups excluding tert-OH is 1. The van der Waals surface area contributed by atoms with E-state index in [4.69, 9.17) is 4.74 Å². The lowest BCUT2D eigenvalue weighted by molar-refractivity contribution is 0.0727. The molecule has 0 radical (unpaired) electrons. The number of methoxy groups -OCH3 is 1. The fourth-order valence-electron chi connectivity index (χ4n) is 1.28. The largest absolute Gasteiger partial charge is 0.389 e. The Morgan fingerprint density at radius 2 is 2.06 bits per heavy atom. The number of rotatable bonds is 8. The molecular formula is C11H20N4O2. The molecule has 17 heavy (non-hydrogen) atoms. The molecule has 0 aliphatic rings. The first kappa shape index (κ1) is 13.7. The van der Waals surface area contributed by atoms with Crippen molar-refractivity contribution < 1.29 is 9.84 Å². The highest BCUT2D eigenvalue weighted by molar-refractivity contribution is 5.46. The molecule has 0 saturated heterocycles. The van der Waals surface area contributed by atoms with Crippen molar-refractivity contribution in [2.45, 2.75) is 19.4 Å². The van der Waals surface area contributed by atoms with Crippen LogP contribution >= 0.6 is 0 Å². The summed E-state index contributed by atoms with van der Waals surface area (Å²) in [4.78, 5) is 8.16. The van der Waals surface area contributed by atoms with Gasteiger partial charge < -0.3 is 20.5 Å². The summed E-state index contributed by atoms with van der Waals surface area (Å²) in [7, 11) is 1.56. The third kappa shape index (κ3) is 5.46. The summed E-state index contributed by atoms with van der Waals surface area (Å²) < 4.78 is 4.83. The Labute approximate surface area is 101 Å². The van der Waals surface area contributed by atoms with Crippen molar-refractivity contribution in [2.24, 2.45) is 0 Å². The first-order valence-corrected chi connectivity index (χ1v) is 5.73. The van der Waals surface area contributed by atoms with Crippen molar-refractivity contribution in [2.75, 3.05) is 37.4 Å². The predicted molar refractivity (Wildman–Crippen MR) is 67.2 cm³/mol. The molecule has 0 spiro atoms. The predicted octanol–water partition coefficient (Wildman–Crippen LogP) is 0.718. The number of anilines is 2. The van der Waals surface area contributed by atoms with E-state index in [9.17, 15) is 5.11 Å². The van der Waals surface area contributed by atoms with Crippen molar-refractivity contribution in [3.8, 4) is 0 Å². The van der Waals surface area contributed by atoms with Gasteiger partial charge in [0, 0.05) is 26.3 Å². The van der Waals surface area contributed by atoms with E-state index in [1.165, 1.54) is 6.33 Å². The molecule has 1 aromatic heterocycles. The van der Waals surface area contributed by atoms with Gasteiger partial charge >= 0.3 is 0 Å². The van der Waals surface area contributed by atoms with Crippen molar-refractivity contribution in [1.82, 2.24) is 9.97 Å². The molecule has 6 heteroatoms. The lowest BCUT2D eigenvalue weighted by atomic mass is 10.3. The quantitative estimate of drug-likeness (QED) is 0.621. The molecule has 1 rings (SSSR count). The van der Waals surface area contributed by atoms with Gasteiger partial charge in [-0.2, -0.15) is 0 Å². The van der Waals surface area contributed by atoms with E-state index in [0.717, 1.165) is 18.8 Å². The second-order valence-corrected chi connectivity index (χ2v) is 3.71. The van der Waals surface area contributed by atoms with Gasteiger partial charge in [-0.25, -0.2) is 9.97 Å². The molecule has 0 aliphatic heterocycles. The van der Waals surface area contributed by atoms with Crippen LogP contribution in [0.1, 0.15) is 13.3 Å². The summed E-state index contributed by atoms with van der Waals surface area (Å²) in [6, 6.07) is 1.81.